The Morgan fingerprint density at radius 2 is 1.94 bits per heavy atom. The topological polar surface area (TPSA) is 33.7 Å². The molecular weight excluding hydrogens is 228 g/mol. The van der Waals surface area contributed by atoms with E-state index in [1.807, 2.05) is 0 Å². The van der Waals surface area contributed by atoms with Gasteiger partial charge in [-0.2, -0.15) is 0 Å². The van der Waals surface area contributed by atoms with Gasteiger partial charge >= 0.3 is 0 Å². The van der Waals surface area contributed by atoms with Gasteiger partial charge in [-0.05, 0) is 19.8 Å². The largest absolute Gasteiger partial charge is 0.382 e. The Hall–Kier alpha value is -0.160. The van der Waals surface area contributed by atoms with E-state index in [0.29, 0.717) is 24.8 Å². The lowest BCUT2D eigenvalue weighted by Gasteiger charge is -2.46. The number of ether oxygens (including phenoxy) is 2. The van der Waals surface area contributed by atoms with Crippen molar-refractivity contribution in [3.8, 4) is 0 Å². The number of methoxy groups -OCH3 is 1. The van der Waals surface area contributed by atoms with E-state index in [1.54, 1.807) is 7.11 Å². The first-order valence-corrected chi connectivity index (χ1v) is 7.23. The van der Waals surface area contributed by atoms with Crippen LogP contribution < -0.4 is 5.32 Å². The molecule has 4 nitrogen and oxygen atoms in total. The smallest absolute Gasteiger partial charge is 0.0700 e. The fraction of sp³-hybridized carbons (Fsp3) is 1.00. The van der Waals surface area contributed by atoms with E-state index in [2.05, 4.69) is 31.0 Å². The maximum atomic E-state index is 5.57. The lowest BCUT2D eigenvalue weighted by molar-refractivity contribution is 0.0266. The van der Waals surface area contributed by atoms with Gasteiger partial charge < -0.3 is 14.8 Å². The van der Waals surface area contributed by atoms with E-state index in [0.717, 1.165) is 26.2 Å². The van der Waals surface area contributed by atoms with E-state index in [1.165, 1.54) is 12.8 Å². The van der Waals surface area contributed by atoms with Crippen LogP contribution in [0.5, 0.6) is 0 Å². The SMILES string of the molecule is CCC1(CC)CN(CCOCCOC)C(C)CN1. The van der Waals surface area contributed by atoms with Crippen molar-refractivity contribution in [2.45, 2.75) is 45.2 Å². The second kappa shape index (κ2) is 8.10. The summed E-state index contributed by atoms with van der Waals surface area (Å²) in [5.74, 6) is 0. The van der Waals surface area contributed by atoms with Crippen LogP contribution in [0, 0.1) is 0 Å². The van der Waals surface area contributed by atoms with Gasteiger partial charge in [0.1, 0.15) is 0 Å². The Balaban J connectivity index is 2.33. The molecule has 0 radical (unpaired) electrons. The lowest BCUT2D eigenvalue weighted by atomic mass is 9.89. The Kier molecular flexibility index (Phi) is 7.15. The standard InChI is InChI=1S/C14H30N2O2/c1-5-14(6-2)12-16(13(3)11-15-14)7-8-18-10-9-17-4/h13,15H,5-12H2,1-4H3. The molecule has 0 aliphatic carbocycles. The molecule has 1 unspecified atom stereocenters. The number of hydrogen-bond donors (Lipinski definition) is 1. The molecule has 0 bridgehead atoms. The van der Waals surface area contributed by atoms with Crippen LogP contribution in [0.3, 0.4) is 0 Å². The molecule has 18 heavy (non-hydrogen) atoms. The molecule has 1 aliphatic rings. The molecule has 1 saturated heterocycles. The van der Waals surface area contributed by atoms with E-state index in [-0.39, 0.29) is 0 Å². The molecular formula is C14H30N2O2. The summed E-state index contributed by atoms with van der Waals surface area (Å²) in [4.78, 5) is 2.55. The van der Waals surface area contributed by atoms with E-state index >= 15 is 0 Å². The van der Waals surface area contributed by atoms with Crippen molar-refractivity contribution in [2.75, 3.05) is 46.6 Å². The normalized spacial score (nSPS) is 24.3. The third-order valence-electron chi connectivity index (χ3n) is 4.21. The molecule has 1 aliphatic heterocycles. The first kappa shape index (κ1) is 15.9. The average molecular weight is 258 g/mol. The fourth-order valence-electron chi connectivity index (χ4n) is 2.54. The number of piperazine rings is 1. The van der Waals surface area contributed by atoms with Gasteiger partial charge in [-0.3, -0.25) is 4.90 Å². The molecule has 0 aromatic carbocycles. The van der Waals surface area contributed by atoms with Gasteiger partial charge in [-0.1, -0.05) is 13.8 Å². The Morgan fingerprint density at radius 3 is 2.56 bits per heavy atom. The molecule has 1 heterocycles. The number of nitrogens with zero attached hydrogens (tertiary/aromatic N) is 1. The minimum atomic E-state index is 0.305. The van der Waals surface area contributed by atoms with Crippen molar-refractivity contribution < 1.29 is 9.47 Å². The predicted octanol–water partition coefficient (Wildman–Crippen LogP) is 1.50. The van der Waals surface area contributed by atoms with Crippen LogP contribution in [-0.4, -0.2) is 63.0 Å². The second-order valence-corrected chi connectivity index (χ2v) is 5.29. The zero-order valence-corrected chi connectivity index (χ0v) is 12.5. The first-order chi connectivity index (χ1) is 8.67. The van der Waals surface area contributed by atoms with Crippen LogP contribution >= 0.6 is 0 Å². The van der Waals surface area contributed by atoms with Crippen molar-refractivity contribution in [3.05, 3.63) is 0 Å². The van der Waals surface area contributed by atoms with Crippen LogP contribution in [0.25, 0.3) is 0 Å². The monoisotopic (exact) mass is 258 g/mol. The summed E-state index contributed by atoms with van der Waals surface area (Å²) in [6.07, 6.45) is 2.38. The van der Waals surface area contributed by atoms with E-state index < -0.39 is 0 Å². The molecule has 1 N–H and O–H groups in total. The zero-order chi connectivity index (χ0) is 13.4. The maximum absolute atomic E-state index is 5.57. The van der Waals surface area contributed by atoms with Crippen LogP contribution in [0.4, 0.5) is 0 Å². The van der Waals surface area contributed by atoms with Crippen molar-refractivity contribution in [1.82, 2.24) is 10.2 Å². The number of hydrogen-bond acceptors (Lipinski definition) is 4. The number of nitrogens with one attached hydrogen (secondary N) is 1. The summed E-state index contributed by atoms with van der Waals surface area (Å²) >= 11 is 0. The molecule has 0 amide bonds. The highest BCUT2D eigenvalue weighted by Crippen LogP contribution is 2.22. The Labute approximate surface area is 112 Å². The Bertz CT molecular complexity index is 220. The predicted molar refractivity (Wildman–Crippen MR) is 75.0 cm³/mol. The summed E-state index contributed by atoms with van der Waals surface area (Å²) in [6.45, 7) is 12.3. The minimum Gasteiger partial charge on any atom is -0.382 e. The molecule has 0 spiro atoms. The van der Waals surface area contributed by atoms with Gasteiger partial charge in [0.05, 0.1) is 19.8 Å². The van der Waals surface area contributed by atoms with Crippen molar-refractivity contribution in [3.63, 3.8) is 0 Å². The first-order valence-electron chi connectivity index (χ1n) is 7.23. The van der Waals surface area contributed by atoms with Gasteiger partial charge in [0.15, 0.2) is 0 Å². The molecule has 4 heteroatoms. The van der Waals surface area contributed by atoms with Crippen LogP contribution in [-0.2, 0) is 9.47 Å². The van der Waals surface area contributed by atoms with Crippen molar-refractivity contribution in [2.24, 2.45) is 0 Å². The molecule has 1 rings (SSSR count). The number of rotatable bonds is 8. The second-order valence-electron chi connectivity index (χ2n) is 5.29. The summed E-state index contributed by atoms with van der Waals surface area (Å²) in [6, 6.07) is 0.599. The lowest BCUT2D eigenvalue weighted by Crippen LogP contribution is -2.63. The molecule has 1 atom stereocenters. The summed E-state index contributed by atoms with van der Waals surface area (Å²) in [5.41, 5.74) is 0.305. The van der Waals surface area contributed by atoms with Crippen LogP contribution in [0.1, 0.15) is 33.6 Å². The highest BCUT2D eigenvalue weighted by Gasteiger charge is 2.34. The van der Waals surface area contributed by atoms with Gasteiger partial charge in [-0.15, -0.1) is 0 Å². The van der Waals surface area contributed by atoms with Gasteiger partial charge in [0.2, 0.25) is 0 Å². The zero-order valence-electron chi connectivity index (χ0n) is 12.5. The minimum absolute atomic E-state index is 0.305. The molecule has 0 aromatic heterocycles. The molecule has 0 aromatic rings. The average Bonchev–Trinajstić information content (AvgIpc) is 2.41. The van der Waals surface area contributed by atoms with Gasteiger partial charge in [0, 0.05) is 38.3 Å². The third kappa shape index (κ3) is 4.50. The van der Waals surface area contributed by atoms with Crippen molar-refractivity contribution >= 4 is 0 Å². The van der Waals surface area contributed by atoms with Gasteiger partial charge in [-0.25, -0.2) is 0 Å². The highest BCUT2D eigenvalue weighted by atomic mass is 16.5. The molecule has 1 fully saturated rings. The summed E-state index contributed by atoms with van der Waals surface area (Å²) in [5, 5.41) is 3.72. The summed E-state index contributed by atoms with van der Waals surface area (Å²) in [7, 11) is 1.71. The third-order valence-corrected chi connectivity index (χ3v) is 4.21. The highest BCUT2D eigenvalue weighted by molar-refractivity contribution is 4.95. The van der Waals surface area contributed by atoms with Crippen LogP contribution in [0.2, 0.25) is 0 Å². The van der Waals surface area contributed by atoms with E-state index in [9.17, 15) is 0 Å². The van der Waals surface area contributed by atoms with Gasteiger partial charge in [0.25, 0.3) is 0 Å². The fourth-order valence-corrected chi connectivity index (χ4v) is 2.54. The van der Waals surface area contributed by atoms with Crippen molar-refractivity contribution in [1.29, 1.82) is 0 Å². The quantitative estimate of drug-likeness (QED) is 0.669. The maximum Gasteiger partial charge on any atom is 0.0700 e. The van der Waals surface area contributed by atoms with E-state index in [4.69, 9.17) is 9.47 Å². The Morgan fingerprint density at radius 1 is 1.22 bits per heavy atom. The molecule has 0 saturated carbocycles. The van der Waals surface area contributed by atoms with Crippen LogP contribution in [0.15, 0.2) is 0 Å². The summed E-state index contributed by atoms with van der Waals surface area (Å²) < 4.78 is 10.5. The molecule has 108 valence electrons.